The number of hydrogen-bond acceptors (Lipinski definition) is 8. The van der Waals surface area contributed by atoms with Gasteiger partial charge in [0.15, 0.2) is 0 Å². The summed E-state index contributed by atoms with van der Waals surface area (Å²) in [4.78, 5) is 23.9. The van der Waals surface area contributed by atoms with E-state index in [2.05, 4.69) is 11.8 Å². The van der Waals surface area contributed by atoms with Gasteiger partial charge in [0.05, 0.1) is 24.9 Å². The van der Waals surface area contributed by atoms with E-state index in [4.69, 9.17) is 27.1 Å². The minimum Gasteiger partial charge on any atom is -0.434 e. The summed E-state index contributed by atoms with van der Waals surface area (Å²) in [5.74, 6) is 4.16. The number of allylic oxidation sites excluding steroid dienone is 2. The van der Waals surface area contributed by atoms with Gasteiger partial charge >= 0.3 is 12.1 Å². The number of unbranched alkanes of at least 4 members (excludes halogenated alkanes) is 1. The third kappa shape index (κ3) is 13.6. The number of ether oxygens (including phenoxy) is 3. The van der Waals surface area contributed by atoms with Crippen LogP contribution in [0, 0.1) is 42.4 Å². The summed E-state index contributed by atoms with van der Waals surface area (Å²) in [5, 5.41) is 31.5. The van der Waals surface area contributed by atoms with Crippen LogP contribution in [0.25, 0.3) is 0 Å². The highest BCUT2D eigenvalue weighted by atomic mass is 16.8. The van der Waals surface area contributed by atoms with Gasteiger partial charge in [-0.25, -0.2) is 4.79 Å². The Hall–Kier alpha value is -3.30. The Morgan fingerprint density at radius 3 is 2.40 bits per heavy atom. The number of rotatable bonds is 18. The fourth-order valence-electron chi connectivity index (χ4n) is 5.30. The number of benzene rings is 1. The van der Waals surface area contributed by atoms with Gasteiger partial charge < -0.3 is 29.5 Å². The van der Waals surface area contributed by atoms with Gasteiger partial charge in [0.2, 0.25) is 6.29 Å². The molecule has 1 fully saturated rings. The molecule has 6 atom stereocenters. The molecule has 0 spiro atoms. The first-order valence-electron chi connectivity index (χ1n) is 14.9. The van der Waals surface area contributed by atoms with E-state index in [1.54, 1.807) is 0 Å². The van der Waals surface area contributed by atoms with Crippen molar-refractivity contribution in [3.05, 3.63) is 48.0 Å². The maximum absolute atomic E-state index is 12.1. The second-order valence-corrected chi connectivity index (χ2v) is 11.0. The molecule has 8 heteroatoms. The van der Waals surface area contributed by atoms with Crippen LogP contribution in [-0.4, -0.2) is 58.7 Å². The molecule has 0 saturated heterocycles. The Kier molecular flexibility index (Phi) is 16.4. The molecule has 42 heavy (non-hydrogen) atoms. The van der Waals surface area contributed by atoms with Gasteiger partial charge in [-0.2, -0.15) is 0 Å². The van der Waals surface area contributed by atoms with Crippen LogP contribution in [0.3, 0.4) is 0 Å². The van der Waals surface area contributed by atoms with Crippen molar-refractivity contribution >= 4 is 12.1 Å². The fraction of sp³-hybridized carbons (Fsp3) is 0.588. The lowest BCUT2D eigenvalue weighted by Crippen LogP contribution is -2.23. The molecule has 1 saturated carbocycles. The summed E-state index contributed by atoms with van der Waals surface area (Å²) < 4.78 is 15.1. The smallest absolute Gasteiger partial charge is 0.434 e. The molecule has 1 aliphatic rings. The Morgan fingerprint density at radius 1 is 1.02 bits per heavy atom. The van der Waals surface area contributed by atoms with Gasteiger partial charge in [-0.15, -0.1) is 24.7 Å². The topological polar surface area (TPSA) is 123 Å². The van der Waals surface area contributed by atoms with Crippen LogP contribution in [0.1, 0.15) is 76.7 Å². The normalized spacial score (nSPS) is 21.4. The summed E-state index contributed by atoms with van der Waals surface area (Å²) in [7, 11) is 0. The SMILES string of the molecule is C#CCC(CC#C)COC(=O)OC(C)OC(=O)CCC/C=C\C[C@@H]1[C@@H](CC[C@@H](O)CCc2ccccc2)[C@H](O)C[C@@H]1O. The van der Waals surface area contributed by atoms with Crippen molar-refractivity contribution in [2.45, 2.75) is 102 Å². The molecule has 0 aromatic heterocycles. The molecule has 1 aromatic rings. The largest absolute Gasteiger partial charge is 0.511 e. The minimum absolute atomic E-state index is 0.0224. The molecule has 230 valence electrons. The zero-order chi connectivity index (χ0) is 30.7. The van der Waals surface area contributed by atoms with Crippen molar-refractivity contribution in [2.75, 3.05) is 6.61 Å². The van der Waals surface area contributed by atoms with Crippen molar-refractivity contribution in [3.8, 4) is 24.7 Å². The Labute approximate surface area is 250 Å². The number of carbonyl (C=O) groups is 2. The number of aliphatic hydroxyl groups is 3. The van der Waals surface area contributed by atoms with E-state index in [1.165, 1.54) is 12.5 Å². The Balaban J connectivity index is 1.63. The van der Waals surface area contributed by atoms with Crippen molar-refractivity contribution < 1.29 is 39.1 Å². The third-order valence-corrected chi connectivity index (χ3v) is 7.60. The van der Waals surface area contributed by atoms with Crippen LogP contribution >= 0.6 is 0 Å². The fourth-order valence-corrected chi connectivity index (χ4v) is 5.30. The molecule has 2 rings (SSSR count). The van der Waals surface area contributed by atoms with Gasteiger partial charge in [-0.05, 0) is 68.8 Å². The second-order valence-electron chi connectivity index (χ2n) is 11.0. The number of aryl methyl sites for hydroxylation is 1. The lowest BCUT2D eigenvalue weighted by Gasteiger charge is -2.23. The van der Waals surface area contributed by atoms with E-state index < -0.39 is 36.7 Å². The highest BCUT2D eigenvalue weighted by molar-refractivity contribution is 5.69. The maximum atomic E-state index is 12.1. The molecular weight excluding hydrogens is 536 g/mol. The molecule has 1 aliphatic carbocycles. The van der Waals surface area contributed by atoms with Gasteiger partial charge in [-0.3, -0.25) is 4.79 Å². The summed E-state index contributed by atoms with van der Waals surface area (Å²) in [5.41, 5.74) is 1.19. The summed E-state index contributed by atoms with van der Waals surface area (Å²) in [6, 6.07) is 10.0. The second kappa shape index (κ2) is 19.8. The van der Waals surface area contributed by atoms with Crippen LogP contribution in [0.15, 0.2) is 42.5 Å². The van der Waals surface area contributed by atoms with Crippen LogP contribution in [0.4, 0.5) is 4.79 Å². The molecule has 0 amide bonds. The lowest BCUT2D eigenvalue weighted by molar-refractivity contribution is -0.168. The van der Waals surface area contributed by atoms with E-state index in [0.717, 1.165) is 6.42 Å². The average Bonchev–Trinajstić information content (AvgIpc) is 3.23. The first kappa shape index (κ1) is 34.9. The molecule has 3 N–H and O–H groups in total. The zero-order valence-corrected chi connectivity index (χ0v) is 24.6. The Bertz CT molecular complexity index is 1020. The predicted molar refractivity (Wildman–Crippen MR) is 160 cm³/mol. The van der Waals surface area contributed by atoms with Crippen LogP contribution < -0.4 is 0 Å². The van der Waals surface area contributed by atoms with Crippen molar-refractivity contribution in [1.29, 1.82) is 0 Å². The van der Waals surface area contributed by atoms with E-state index in [1.807, 2.05) is 42.5 Å². The molecule has 0 aliphatic heterocycles. The summed E-state index contributed by atoms with van der Waals surface area (Å²) in [6.07, 6.45) is 16.6. The quantitative estimate of drug-likeness (QED) is 0.0732. The minimum atomic E-state index is -1.09. The number of terminal acetylenes is 2. The highest BCUT2D eigenvalue weighted by Gasteiger charge is 2.40. The third-order valence-electron chi connectivity index (χ3n) is 7.60. The molecule has 8 nitrogen and oxygen atoms in total. The molecule has 0 radical (unpaired) electrons. The number of esters is 1. The summed E-state index contributed by atoms with van der Waals surface area (Å²) in [6.45, 7) is 1.45. The monoisotopic (exact) mass is 582 g/mol. The molecule has 1 unspecified atom stereocenters. The first-order valence-corrected chi connectivity index (χ1v) is 14.9. The van der Waals surface area contributed by atoms with E-state index in [-0.39, 0.29) is 30.8 Å². The van der Waals surface area contributed by atoms with Crippen molar-refractivity contribution in [1.82, 2.24) is 0 Å². The van der Waals surface area contributed by atoms with Crippen molar-refractivity contribution in [3.63, 3.8) is 0 Å². The summed E-state index contributed by atoms with van der Waals surface area (Å²) >= 11 is 0. The molecule has 1 aromatic carbocycles. The Morgan fingerprint density at radius 2 is 1.71 bits per heavy atom. The van der Waals surface area contributed by atoms with Gasteiger partial charge in [-0.1, -0.05) is 42.5 Å². The van der Waals surface area contributed by atoms with E-state index in [9.17, 15) is 24.9 Å². The molecule has 0 heterocycles. The molecule has 0 bridgehead atoms. The van der Waals surface area contributed by atoms with Crippen molar-refractivity contribution in [2.24, 2.45) is 17.8 Å². The van der Waals surface area contributed by atoms with E-state index >= 15 is 0 Å². The zero-order valence-electron chi connectivity index (χ0n) is 24.6. The van der Waals surface area contributed by atoms with Gasteiger partial charge in [0, 0.05) is 32.1 Å². The van der Waals surface area contributed by atoms with Crippen LogP contribution in [0.5, 0.6) is 0 Å². The lowest BCUT2D eigenvalue weighted by atomic mass is 9.85. The standard InChI is InChI=1S/C34H46O8/c1-4-13-27(14-5-2)24-40-34(39)42-25(3)41-33(38)18-12-7-6-11-17-29-30(32(37)23-31(29)36)22-21-28(35)20-19-26-15-9-8-10-16-26/h1-2,6,8-11,15-16,25,27-32,35-37H,7,12-14,17-24H2,3H3/b11-6-/t25?,28-,29+,30+,31-,32+/m0/s1. The number of hydrogen-bond donors (Lipinski definition) is 3. The highest BCUT2D eigenvalue weighted by Crippen LogP contribution is 2.38. The first-order chi connectivity index (χ1) is 20.2. The van der Waals surface area contributed by atoms with Gasteiger partial charge in [0.1, 0.15) is 0 Å². The van der Waals surface area contributed by atoms with Crippen LogP contribution in [0.2, 0.25) is 0 Å². The average molecular weight is 583 g/mol. The van der Waals surface area contributed by atoms with Crippen LogP contribution in [-0.2, 0) is 25.4 Å². The van der Waals surface area contributed by atoms with E-state index in [0.29, 0.717) is 57.8 Å². The van der Waals surface area contributed by atoms with Gasteiger partial charge in [0.25, 0.3) is 0 Å². The molecular formula is C34H46O8. The number of carbonyl (C=O) groups excluding carboxylic acids is 2. The predicted octanol–water partition coefficient (Wildman–Crippen LogP) is 4.94. The maximum Gasteiger partial charge on any atom is 0.511 e. The number of aliphatic hydroxyl groups excluding tert-OH is 3.